The fraction of sp³-hybridized carbons (Fsp3) is 1.00. The molecule has 0 rings (SSSR count). The second kappa shape index (κ2) is 9.28. The highest BCUT2D eigenvalue weighted by Gasteiger charge is 1.97. The lowest BCUT2D eigenvalue weighted by Crippen LogP contribution is -1.88. The van der Waals surface area contributed by atoms with Crippen LogP contribution in [0.4, 0.5) is 0 Å². The second-order valence-electron chi connectivity index (χ2n) is 3.03. The van der Waals surface area contributed by atoms with Crippen molar-refractivity contribution in [1.29, 1.82) is 0 Å². The summed E-state index contributed by atoms with van der Waals surface area (Å²) in [6.45, 7) is 4.95. The van der Waals surface area contributed by atoms with E-state index in [-0.39, 0.29) is 0 Å². The molecule has 0 saturated heterocycles. The van der Waals surface area contributed by atoms with Gasteiger partial charge in [-0.25, -0.2) is 0 Å². The molecule has 0 aromatic carbocycles. The maximum atomic E-state index is 11.1. The molecule has 0 aromatic rings. The predicted molar refractivity (Wildman–Crippen MR) is 54.3 cm³/mol. The Morgan fingerprint density at radius 1 is 1.08 bits per heavy atom. The summed E-state index contributed by atoms with van der Waals surface area (Å²) in [5.74, 6) is 0. The van der Waals surface area contributed by atoms with Gasteiger partial charge in [-0.1, -0.05) is 33.1 Å². The zero-order chi connectivity index (χ0) is 9.23. The summed E-state index contributed by atoms with van der Waals surface area (Å²) < 4.78 is 16.3. The first-order valence-electron chi connectivity index (χ1n) is 4.96. The van der Waals surface area contributed by atoms with Crippen LogP contribution in [0.2, 0.25) is 0 Å². The standard InChI is InChI=1S/C9H21O2P/c1-3-5-7-8-11-12(10)9-6-4-2/h12H,3-9H2,1-2H3. The summed E-state index contributed by atoms with van der Waals surface area (Å²) in [6.07, 6.45) is 6.34. The van der Waals surface area contributed by atoms with Crippen LogP contribution in [0.5, 0.6) is 0 Å². The number of hydrogen-bond acceptors (Lipinski definition) is 2. The molecule has 0 fully saturated rings. The van der Waals surface area contributed by atoms with E-state index in [2.05, 4.69) is 13.8 Å². The zero-order valence-corrected chi connectivity index (χ0v) is 9.27. The molecule has 0 spiro atoms. The van der Waals surface area contributed by atoms with Crippen LogP contribution in [0.15, 0.2) is 0 Å². The van der Waals surface area contributed by atoms with Crippen LogP contribution in [0.3, 0.4) is 0 Å². The van der Waals surface area contributed by atoms with Gasteiger partial charge in [-0.2, -0.15) is 0 Å². The van der Waals surface area contributed by atoms with Crippen LogP contribution >= 0.6 is 8.03 Å². The zero-order valence-electron chi connectivity index (χ0n) is 8.27. The Balaban J connectivity index is 3.08. The van der Waals surface area contributed by atoms with Crippen molar-refractivity contribution in [3.63, 3.8) is 0 Å². The van der Waals surface area contributed by atoms with Gasteiger partial charge in [0.05, 0.1) is 6.61 Å². The molecule has 3 heteroatoms. The Kier molecular flexibility index (Phi) is 9.43. The largest absolute Gasteiger partial charge is 0.330 e. The predicted octanol–water partition coefficient (Wildman–Crippen LogP) is 3.47. The molecular formula is C9H21O2P. The van der Waals surface area contributed by atoms with Crippen LogP contribution in [0.1, 0.15) is 46.0 Å². The van der Waals surface area contributed by atoms with Crippen molar-refractivity contribution < 1.29 is 9.09 Å². The van der Waals surface area contributed by atoms with E-state index in [1.165, 1.54) is 12.8 Å². The Bertz CT molecular complexity index is 115. The van der Waals surface area contributed by atoms with E-state index >= 15 is 0 Å². The van der Waals surface area contributed by atoms with E-state index in [4.69, 9.17) is 4.52 Å². The number of rotatable bonds is 8. The van der Waals surface area contributed by atoms with Crippen molar-refractivity contribution in [3.8, 4) is 0 Å². The molecule has 0 radical (unpaired) electrons. The molecule has 0 bridgehead atoms. The van der Waals surface area contributed by atoms with Crippen molar-refractivity contribution in [2.45, 2.75) is 46.0 Å². The average molecular weight is 192 g/mol. The molecule has 2 nitrogen and oxygen atoms in total. The van der Waals surface area contributed by atoms with Gasteiger partial charge in [-0.15, -0.1) is 0 Å². The molecule has 0 heterocycles. The fourth-order valence-electron chi connectivity index (χ4n) is 0.931. The summed E-state index contributed by atoms with van der Waals surface area (Å²) in [5, 5.41) is 0. The normalized spacial score (nSPS) is 13.2. The van der Waals surface area contributed by atoms with E-state index in [0.29, 0.717) is 6.61 Å². The lowest BCUT2D eigenvalue weighted by Gasteiger charge is -2.02. The minimum absolute atomic E-state index is 0.690. The highest BCUT2D eigenvalue weighted by molar-refractivity contribution is 7.39. The quantitative estimate of drug-likeness (QED) is 0.435. The molecular weight excluding hydrogens is 171 g/mol. The minimum Gasteiger partial charge on any atom is -0.330 e. The van der Waals surface area contributed by atoms with E-state index in [1.54, 1.807) is 0 Å². The summed E-state index contributed by atoms with van der Waals surface area (Å²) >= 11 is 0. The first-order chi connectivity index (χ1) is 5.81. The molecule has 0 aromatic heterocycles. The minimum atomic E-state index is -1.68. The Labute approximate surface area is 76.6 Å². The van der Waals surface area contributed by atoms with Crippen LogP contribution in [-0.2, 0) is 9.09 Å². The molecule has 1 atom stereocenters. The van der Waals surface area contributed by atoms with Crippen molar-refractivity contribution in [2.24, 2.45) is 0 Å². The molecule has 0 amide bonds. The summed E-state index contributed by atoms with van der Waals surface area (Å²) in [6, 6.07) is 0. The van der Waals surface area contributed by atoms with E-state index < -0.39 is 8.03 Å². The lowest BCUT2D eigenvalue weighted by molar-refractivity contribution is 0.317. The van der Waals surface area contributed by atoms with Crippen molar-refractivity contribution in [3.05, 3.63) is 0 Å². The first kappa shape index (κ1) is 12.2. The third-order valence-electron chi connectivity index (χ3n) is 1.75. The van der Waals surface area contributed by atoms with Crippen molar-refractivity contribution in [2.75, 3.05) is 12.8 Å². The van der Waals surface area contributed by atoms with Crippen LogP contribution < -0.4 is 0 Å². The van der Waals surface area contributed by atoms with E-state index in [9.17, 15) is 4.57 Å². The van der Waals surface area contributed by atoms with Crippen molar-refractivity contribution >= 4 is 8.03 Å². The van der Waals surface area contributed by atoms with Gasteiger partial charge in [0.15, 0.2) is 8.03 Å². The molecule has 0 aliphatic heterocycles. The molecule has 0 aliphatic rings. The maximum Gasteiger partial charge on any atom is 0.191 e. The van der Waals surface area contributed by atoms with Crippen LogP contribution in [0.25, 0.3) is 0 Å². The highest BCUT2D eigenvalue weighted by atomic mass is 31.1. The smallest absolute Gasteiger partial charge is 0.191 e. The number of hydrogen-bond donors (Lipinski definition) is 0. The van der Waals surface area contributed by atoms with Crippen LogP contribution in [0, 0.1) is 0 Å². The van der Waals surface area contributed by atoms with Gasteiger partial charge in [0, 0.05) is 6.16 Å². The van der Waals surface area contributed by atoms with Gasteiger partial charge in [0.1, 0.15) is 0 Å². The third-order valence-corrected chi connectivity index (χ3v) is 3.03. The van der Waals surface area contributed by atoms with Gasteiger partial charge in [0.2, 0.25) is 0 Å². The van der Waals surface area contributed by atoms with E-state index in [1.807, 2.05) is 0 Å². The molecule has 0 saturated carbocycles. The van der Waals surface area contributed by atoms with Crippen LogP contribution in [-0.4, -0.2) is 12.8 Å². The molecule has 0 aliphatic carbocycles. The maximum absolute atomic E-state index is 11.1. The van der Waals surface area contributed by atoms with Gasteiger partial charge in [-0.05, 0) is 12.8 Å². The topological polar surface area (TPSA) is 26.3 Å². The Morgan fingerprint density at radius 2 is 1.75 bits per heavy atom. The lowest BCUT2D eigenvalue weighted by atomic mass is 10.3. The fourth-order valence-corrected chi connectivity index (χ4v) is 2.09. The van der Waals surface area contributed by atoms with Gasteiger partial charge >= 0.3 is 0 Å². The van der Waals surface area contributed by atoms with Gasteiger partial charge in [0.25, 0.3) is 0 Å². The van der Waals surface area contributed by atoms with Gasteiger partial charge in [-0.3, -0.25) is 4.57 Å². The molecule has 0 N–H and O–H groups in total. The average Bonchev–Trinajstić information content (AvgIpc) is 2.09. The van der Waals surface area contributed by atoms with Gasteiger partial charge < -0.3 is 4.52 Å². The van der Waals surface area contributed by atoms with Crippen molar-refractivity contribution in [1.82, 2.24) is 0 Å². The Hall–Kier alpha value is 0.190. The third kappa shape index (κ3) is 8.29. The Morgan fingerprint density at radius 3 is 2.33 bits per heavy atom. The summed E-state index contributed by atoms with van der Waals surface area (Å²) in [7, 11) is -1.68. The highest BCUT2D eigenvalue weighted by Crippen LogP contribution is 2.23. The first-order valence-corrected chi connectivity index (χ1v) is 6.49. The SMILES string of the molecule is CCCCCO[PH](=O)CCCC. The molecule has 74 valence electrons. The second-order valence-corrected chi connectivity index (χ2v) is 4.56. The molecule has 1 unspecified atom stereocenters. The summed E-state index contributed by atoms with van der Waals surface area (Å²) in [5.41, 5.74) is 0. The monoisotopic (exact) mass is 192 g/mol. The summed E-state index contributed by atoms with van der Waals surface area (Å²) in [4.78, 5) is 0. The number of unbranched alkanes of at least 4 members (excludes halogenated alkanes) is 3. The molecule has 12 heavy (non-hydrogen) atoms. The van der Waals surface area contributed by atoms with E-state index in [0.717, 1.165) is 25.4 Å².